The molecule has 0 saturated carbocycles. The largest absolute Gasteiger partial charge is 0.442 e. The molecule has 9 nitrogen and oxygen atoms in total. The Hall–Kier alpha value is -2.20. The van der Waals surface area contributed by atoms with Crippen molar-refractivity contribution in [3.05, 3.63) is 36.0 Å². The number of carbonyl (C=O) groups excluding carboxylic acids is 2. The van der Waals surface area contributed by atoms with Gasteiger partial charge in [-0.05, 0) is 33.3 Å². The van der Waals surface area contributed by atoms with E-state index >= 15 is 0 Å². The molecule has 0 bridgehead atoms. The number of carbonyl (C=O) groups is 2. The molecular formula is C27H42N2O7. The highest BCUT2D eigenvalue weighted by Crippen LogP contribution is 2.42. The van der Waals surface area contributed by atoms with E-state index in [1.807, 2.05) is 13.8 Å². The van der Waals surface area contributed by atoms with Crippen molar-refractivity contribution in [2.24, 2.45) is 0 Å². The maximum Gasteiger partial charge on any atom is 0.410 e. The van der Waals surface area contributed by atoms with Crippen LogP contribution in [0.3, 0.4) is 0 Å². The number of hydrogen-bond acceptors (Lipinski definition) is 7. The van der Waals surface area contributed by atoms with Gasteiger partial charge in [-0.1, -0.05) is 30.7 Å². The lowest BCUT2D eigenvalue weighted by Gasteiger charge is -2.30. The maximum atomic E-state index is 12.2. The average molecular weight is 507 g/mol. The van der Waals surface area contributed by atoms with Gasteiger partial charge >= 0.3 is 6.09 Å². The van der Waals surface area contributed by atoms with Crippen molar-refractivity contribution in [1.82, 2.24) is 10.2 Å². The normalized spacial score (nSPS) is 31.5. The predicted octanol–water partition coefficient (Wildman–Crippen LogP) is 3.50. The Morgan fingerprint density at radius 2 is 1.94 bits per heavy atom. The first kappa shape index (κ1) is 28.4. The van der Waals surface area contributed by atoms with Crippen LogP contribution in [0.5, 0.6) is 0 Å². The molecule has 4 atom stereocenters. The third-order valence-electron chi connectivity index (χ3n) is 6.39. The molecule has 1 N–H and O–H groups in total. The van der Waals surface area contributed by atoms with Crippen LogP contribution in [0.1, 0.15) is 53.4 Å². The Balaban J connectivity index is 1.32. The molecule has 9 heteroatoms. The van der Waals surface area contributed by atoms with E-state index in [9.17, 15) is 9.59 Å². The molecular weight excluding hydrogens is 464 g/mol. The Morgan fingerprint density at radius 1 is 1.22 bits per heavy atom. The fourth-order valence-electron chi connectivity index (χ4n) is 4.38. The van der Waals surface area contributed by atoms with E-state index < -0.39 is 12.2 Å². The van der Waals surface area contributed by atoms with Crippen LogP contribution in [0.15, 0.2) is 36.0 Å². The van der Waals surface area contributed by atoms with Crippen molar-refractivity contribution in [2.75, 3.05) is 33.4 Å². The van der Waals surface area contributed by atoms with E-state index in [2.05, 4.69) is 30.5 Å². The SMILES string of the molecule is CCCN(C)C(=O)OC(C)C=CC(=O)NC1COC(CC=C(C)C=C[C@@H]2C[C@@]3(CO3)CC(C)O2)OC1. The highest BCUT2D eigenvalue weighted by molar-refractivity contribution is 5.87. The Kier molecular flexibility index (Phi) is 10.5. The standard InChI is InChI=1S/C27H42N2O7/c1-6-13-29(5)26(31)36-20(3)9-11-24(30)28-22-16-32-25(33-17-22)12-8-19(2)7-10-23-15-27(18-34-27)14-21(4)35-23/h7-11,20-23,25H,6,12-18H2,1-5H3,(H,28,30)/t20?,21?,22?,23-,25?,27-/m1/s1. The summed E-state index contributed by atoms with van der Waals surface area (Å²) in [5.41, 5.74) is 1.16. The molecule has 3 heterocycles. The monoisotopic (exact) mass is 506 g/mol. The zero-order valence-corrected chi connectivity index (χ0v) is 22.2. The van der Waals surface area contributed by atoms with Crippen LogP contribution >= 0.6 is 0 Å². The molecule has 1 spiro atoms. The molecule has 3 fully saturated rings. The van der Waals surface area contributed by atoms with Gasteiger partial charge in [0.2, 0.25) is 5.91 Å². The van der Waals surface area contributed by atoms with E-state index in [1.165, 1.54) is 11.0 Å². The minimum absolute atomic E-state index is 0.0478. The second-order valence-electron chi connectivity index (χ2n) is 10.1. The topological polar surface area (TPSA) is 98.9 Å². The van der Waals surface area contributed by atoms with Gasteiger partial charge in [0.25, 0.3) is 0 Å². The first-order valence-electron chi connectivity index (χ1n) is 13.0. The fraction of sp³-hybridized carbons (Fsp3) is 0.704. The lowest BCUT2D eigenvalue weighted by Crippen LogP contribution is -2.46. The lowest BCUT2D eigenvalue weighted by atomic mass is 9.92. The number of epoxide rings is 1. The van der Waals surface area contributed by atoms with Crippen LogP contribution in [-0.4, -0.2) is 86.6 Å². The summed E-state index contributed by atoms with van der Waals surface area (Å²) in [4.78, 5) is 25.6. The number of nitrogens with one attached hydrogen (secondary N) is 1. The molecule has 3 aliphatic rings. The minimum Gasteiger partial charge on any atom is -0.442 e. The van der Waals surface area contributed by atoms with Gasteiger partial charge in [0.05, 0.1) is 43.7 Å². The molecule has 0 aromatic heterocycles. The van der Waals surface area contributed by atoms with Gasteiger partial charge in [-0.25, -0.2) is 4.79 Å². The van der Waals surface area contributed by atoms with Gasteiger partial charge in [-0.3, -0.25) is 4.79 Å². The van der Waals surface area contributed by atoms with Gasteiger partial charge in [-0.2, -0.15) is 0 Å². The number of amides is 2. The molecule has 3 saturated heterocycles. The molecule has 0 aromatic rings. The predicted molar refractivity (Wildman–Crippen MR) is 135 cm³/mol. The molecule has 2 unspecified atom stereocenters. The molecule has 0 radical (unpaired) electrons. The maximum absolute atomic E-state index is 12.2. The minimum atomic E-state index is -0.508. The third kappa shape index (κ3) is 9.35. The van der Waals surface area contributed by atoms with Crippen LogP contribution < -0.4 is 5.32 Å². The van der Waals surface area contributed by atoms with Gasteiger partial charge in [0.1, 0.15) is 6.10 Å². The molecule has 3 rings (SSSR count). The van der Waals surface area contributed by atoms with Crippen LogP contribution in [0.4, 0.5) is 4.79 Å². The van der Waals surface area contributed by atoms with Crippen molar-refractivity contribution in [2.45, 2.75) is 89.6 Å². The van der Waals surface area contributed by atoms with Gasteiger partial charge in [0.15, 0.2) is 6.29 Å². The Labute approximate surface area is 214 Å². The van der Waals surface area contributed by atoms with E-state index in [4.69, 9.17) is 23.7 Å². The molecule has 0 aliphatic carbocycles. The Morgan fingerprint density at radius 3 is 2.61 bits per heavy atom. The van der Waals surface area contributed by atoms with Crippen molar-refractivity contribution < 1.29 is 33.3 Å². The molecule has 3 aliphatic heterocycles. The van der Waals surface area contributed by atoms with Crippen LogP contribution in [0.2, 0.25) is 0 Å². The van der Waals surface area contributed by atoms with Gasteiger partial charge < -0.3 is 33.9 Å². The van der Waals surface area contributed by atoms with Crippen molar-refractivity contribution in [3.8, 4) is 0 Å². The van der Waals surface area contributed by atoms with Crippen LogP contribution in [0, 0.1) is 0 Å². The van der Waals surface area contributed by atoms with Gasteiger partial charge in [-0.15, -0.1) is 0 Å². The zero-order valence-electron chi connectivity index (χ0n) is 22.2. The summed E-state index contributed by atoms with van der Waals surface area (Å²) >= 11 is 0. The van der Waals surface area contributed by atoms with E-state index in [0.29, 0.717) is 26.2 Å². The summed E-state index contributed by atoms with van der Waals surface area (Å²) in [7, 11) is 1.68. The number of hydrogen-bond donors (Lipinski definition) is 1. The number of ether oxygens (including phenoxy) is 5. The highest BCUT2D eigenvalue weighted by atomic mass is 16.7. The highest BCUT2D eigenvalue weighted by Gasteiger charge is 2.50. The fourth-order valence-corrected chi connectivity index (χ4v) is 4.38. The number of nitrogens with zero attached hydrogens (tertiary/aromatic N) is 1. The van der Waals surface area contributed by atoms with Crippen molar-refractivity contribution in [1.29, 1.82) is 0 Å². The van der Waals surface area contributed by atoms with Crippen LogP contribution in [0.25, 0.3) is 0 Å². The summed E-state index contributed by atoms with van der Waals surface area (Å²) in [6.45, 7) is 10.1. The van der Waals surface area contributed by atoms with Crippen LogP contribution in [-0.2, 0) is 28.5 Å². The molecule has 0 aromatic carbocycles. The second kappa shape index (κ2) is 13.4. The number of allylic oxidation sites excluding steroid dienone is 2. The number of rotatable bonds is 10. The van der Waals surface area contributed by atoms with Gasteiger partial charge in [0, 0.05) is 38.9 Å². The second-order valence-corrected chi connectivity index (χ2v) is 10.1. The summed E-state index contributed by atoms with van der Waals surface area (Å²) in [6.07, 6.45) is 11.6. The zero-order chi connectivity index (χ0) is 26.1. The smallest absolute Gasteiger partial charge is 0.410 e. The lowest BCUT2D eigenvalue weighted by molar-refractivity contribution is -0.187. The van der Waals surface area contributed by atoms with E-state index in [0.717, 1.165) is 31.4 Å². The average Bonchev–Trinajstić information content (AvgIpc) is 3.58. The van der Waals surface area contributed by atoms with Crippen molar-refractivity contribution >= 4 is 12.0 Å². The summed E-state index contributed by atoms with van der Waals surface area (Å²) < 4.78 is 28.5. The molecule has 202 valence electrons. The van der Waals surface area contributed by atoms with Crippen molar-refractivity contribution in [3.63, 3.8) is 0 Å². The van der Waals surface area contributed by atoms with E-state index in [1.54, 1.807) is 20.0 Å². The molecule has 2 amide bonds. The summed E-state index contributed by atoms with van der Waals surface area (Å²) in [5.74, 6) is -0.283. The first-order valence-corrected chi connectivity index (χ1v) is 13.0. The van der Waals surface area contributed by atoms with E-state index in [-0.39, 0.29) is 36.0 Å². The Bertz CT molecular complexity index is 828. The first-order chi connectivity index (χ1) is 17.2. The molecule has 36 heavy (non-hydrogen) atoms. The summed E-state index contributed by atoms with van der Waals surface area (Å²) in [5, 5.41) is 2.85. The third-order valence-corrected chi connectivity index (χ3v) is 6.39. The summed E-state index contributed by atoms with van der Waals surface area (Å²) in [6, 6.07) is -0.237. The quantitative estimate of drug-likeness (QED) is 0.275.